The zero-order valence-electron chi connectivity index (χ0n) is 11.9. The summed E-state index contributed by atoms with van der Waals surface area (Å²) in [5.74, 6) is 0.778. The van der Waals surface area contributed by atoms with Gasteiger partial charge in [-0.05, 0) is 32.9 Å². The highest BCUT2D eigenvalue weighted by molar-refractivity contribution is 5.67. The number of ether oxygens (including phenoxy) is 2. The minimum absolute atomic E-state index is 0.408. The van der Waals surface area contributed by atoms with Gasteiger partial charge >= 0.3 is 6.09 Å². The monoisotopic (exact) mass is 266 g/mol. The highest BCUT2D eigenvalue weighted by Crippen LogP contribution is 2.22. The molecule has 5 heteroatoms. The fraction of sp³-hybridized carbons (Fsp3) is 0.500. The van der Waals surface area contributed by atoms with Crippen LogP contribution in [0, 0.1) is 0 Å². The molecule has 1 aromatic rings. The molecule has 0 saturated heterocycles. The minimum Gasteiger partial charge on any atom is -0.495 e. The molecule has 0 aliphatic rings. The molecule has 1 rings (SSSR count). The molecule has 0 bridgehead atoms. The van der Waals surface area contributed by atoms with Gasteiger partial charge in [-0.1, -0.05) is 12.1 Å². The second kappa shape index (κ2) is 6.87. The quantitative estimate of drug-likeness (QED) is 0.804. The van der Waals surface area contributed by atoms with Crippen molar-refractivity contribution in [1.82, 2.24) is 5.32 Å². The van der Waals surface area contributed by atoms with Crippen LogP contribution >= 0.6 is 0 Å². The summed E-state index contributed by atoms with van der Waals surface area (Å²) in [5, 5.41) is 5.87. The second-order valence-electron chi connectivity index (χ2n) is 5.06. The Morgan fingerprint density at radius 1 is 1.21 bits per heavy atom. The molecule has 1 aromatic carbocycles. The predicted molar refractivity (Wildman–Crippen MR) is 75.7 cm³/mol. The van der Waals surface area contributed by atoms with E-state index in [4.69, 9.17) is 9.47 Å². The highest BCUT2D eigenvalue weighted by atomic mass is 16.6. The summed E-state index contributed by atoms with van der Waals surface area (Å²) in [4.78, 5) is 11.4. The van der Waals surface area contributed by atoms with Gasteiger partial charge in [-0.3, -0.25) is 0 Å². The first-order chi connectivity index (χ1) is 8.92. The lowest BCUT2D eigenvalue weighted by molar-refractivity contribution is 0.0530. The number of hydrogen-bond donors (Lipinski definition) is 2. The number of amides is 1. The van der Waals surface area contributed by atoms with Crippen LogP contribution in [0.2, 0.25) is 0 Å². The van der Waals surface area contributed by atoms with Crippen molar-refractivity contribution in [2.24, 2.45) is 0 Å². The molecule has 0 unspecified atom stereocenters. The number of para-hydroxylation sites is 2. The summed E-state index contributed by atoms with van der Waals surface area (Å²) in [6, 6.07) is 7.63. The number of anilines is 1. The van der Waals surface area contributed by atoms with E-state index < -0.39 is 11.7 Å². The van der Waals surface area contributed by atoms with E-state index in [1.807, 2.05) is 45.0 Å². The maximum atomic E-state index is 11.4. The number of benzene rings is 1. The van der Waals surface area contributed by atoms with Crippen molar-refractivity contribution in [3.05, 3.63) is 24.3 Å². The molecule has 5 nitrogen and oxygen atoms in total. The first-order valence-corrected chi connectivity index (χ1v) is 6.26. The summed E-state index contributed by atoms with van der Waals surface area (Å²) < 4.78 is 10.3. The number of carbonyl (C=O) groups excluding carboxylic acids is 1. The average Bonchev–Trinajstić information content (AvgIpc) is 2.33. The maximum Gasteiger partial charge on any atom is 0.407 e. The molecule has 0 aromatic heterocycles. The van der Waals surface area contributed by atoms with Gasteiger partial charge in [0.25, 0.3) is 0 Å². The Morgan fingerprint density at radius 3 is 2.53 bits per heavy atom. The van der Waals surface area contributed by atoms with Crippen molar-refractivity contribution in [1.29, 1.82) is 0 Å². The van der Waals surface area contributed by atoms with Crippen molar-refractivity contribution in [2.75, 3.05) is 25.5 Å². The van der Waals surface area contributed by atoms with Crippen LogP contribution in [0.1, 0.15) is 20.8 Å². The van der Waals surface area contributed by atoms with Crippen LogP contribution in [0.15, 0.2) is 24.3 Å². The van der Waals surface area contributed by atoms with Gasteiger partial charge in [0.1, 0.15) is 11.4 Å². The van der Waals surface area contributed by atoms with Crippen LogP contribution in [0.5, 0.6) is 5.75 Å². The van der Waals surface area contributed by atoms with Crippen LogP contribution < -0.4 is 15.4 Å². The summed E-state index contributed by atoms with van der Waals surface area (Å²) in [6.07, 6.45) is -0.408. The molecule has 0 saturated carbocycles. The van der Waals surface area contributed by atoms with Crippen LogP contribution in [0.25, 0.3) is 0 Å². The Balaban J connectivity index is 2.29. The minimum atomic E-state index is -0.472. The van der Waals surface area contributed by atoms with Crippen LogP contribution in [0.4, 0.5) is 10.5 Å². The third-order valence-electron chi connectivity index (χ3n) is 2.22. The van der Waals surface area contributed by atoms with Gasteiger partial charge in [0.2, 0.25) is 0 Å². The molecule has 0 atom stereocenters. The Hall–Kier alpha value is -1.91. The van der Waals surface area contributed by atoms with Crippen LogP contribution in [-0.2, 0) is 4.74 Å². The fourth-order valence-electron chi connectivity index (χ4n) is 1.47. The van der Waals surface area contributed by atoms with E-state index in [1.165, 1.54) is 0 Å². The lowest BCUT2D eigenvalue weighted by atomic mass is 10.2. The molecule has 0 spiro atoms. The van der Waals surface area contributed by atoms with Gasteiger partial charge < -0.3 is 20.1 Å². The highest BCUT2D eigenvalue weighted by Gasteiger charge is 2.15. The molecular weight excluding hydrogens is 244 g/mol. The van der Waals surface area contributed by atoms with Gasteiger partial charge in [-0.25, -0.2) is 4.79 Å². The molecule has 0 radical (unpaired) electrons. The van der Waals surface area contributed by atoms with Crippen LogP contribution in [-0.4, -0.2) is 31.9 Å². The average molecular weight is 266 g/mol. The zero-order valence-corrected chi connectivity index (χ0v) is 11.9. The smallest absolute Gasteiger partial charge is 0.407 e. The van der Waals surface area contributed by atoms with E-state index in [9.17, 15) is 4.79 Å². The largest absolute Gasteiger partial charge is 0.495 e. The Labute approximate surface area is 114 Å². The van der Waals surface area contributed by atoms with E-state index in [-0.39, 0.29) is 0 Å². The topological polar surface area (TPSA) is 59.6 Å². The van der Waals surface area contributed by atoms with Gasteiger partial charge in [0, 0.05) is 13.1 Å². The molecule has 19 heavy (non-hydrogen) atoms. The zero-order chi connectivity index (χ0) is 14.3. The standard InChI is InChI=1S/C14H22N2O3/c1-14(2,3)19-13(17)16-10-9-15-11-7-5-6-8-12(11)18-4/h5-8,15H,9-10H2,1-4H3,(H,16,17). The van der Waals surface area contributed by atoms with Gasteiger partial charge in [-0.15, -0.1) is 0 Å². The normalized spacial score (nSPS) is 10.7. The Morgan fingerprint density at radius 2 is 1.89 bits per heavy atom. The number of methoxy groups -OCH3 is 1. The summed E-state index contributed by atoms with van der Waals surface area (Å²) in [6.45, 7) is 6.57. The SMILES string of the molecule is COc1ccccc1NCCNC(=O)OC(C)(C)C. The van der Waals surface area contributed by atoms with Crippen molar-refractivity contribution >= 4 is 11.8 Å². The molecule has 0 aliphatic heterocycles. The van der Waals surface area contributed by atoms with Crippen molar-refractivity contribution in [2.45, 2.75) is 26.4 Å². The molecule has 2 N–H and O–H groups in total. The van der Waals surface area contributed by atoms with Crippen LogP contribution in [0.3, 0.4) is 0 Å². The number of nitrogens with one attached hydrogen (secondary N) is 2. The van der Waals surface area contributed by atoms with E-state index in [0.29, 0.717) is 13.1 Å². The van der Waals surface area contributed by atoms with E-state index in [0.717, 1.165) is 11.4 Å². The third-order valence-corrected chi connectivity index (χ3v) is 2.22. The molecule has 1 amide bonds. The lowest BCUT2D eigenvalue weighted by Gasteiger charge is -2.19. The molecular formula is C14H22N2O3. The van der Waals surface area contributed by atoms with Crippen molar-refractivity contribution in [3.8, 4) is 5.75 Å². The van der Waals surface area contributed by atoms with Crippen molar-refractivity contribution < 1.29 is 14.3 Å². The van der Waals surface area contributed by atoms with E-state index in [1.54, 1.807) is 7.11 Å². The summed E-state index contributed by atoms with van der Waals surface area (Å²) in [5.41, 5.74) is 0.427. The molecule has 0 heterocycles. The number of hydrogen-bond acceptors (Lipinski definition) is 4. The number of alkyl carbamates (subject to hydrolysis) is 1. The predicted octanol–water partition coefficient (Wildman–Crippen LogP) is 2.63. The van der Waals surface area contributed by atoms with E-state index in [2.05, 4.69) is 10.6 Å². The molecule has 0 fully saturated rings. The van der Waals surface area contributed by atoms with Gasteiger partial charge in [0.15, 0.2) is 0 Å². The summed E-state index contributed by atoms with van der Waals surface area (Å²) >= 11 is 0. The number of carbonyl (C=O) groups is 1. The van der Waals surface area contributed by atoms with Gasteiger partial charge in [-0.2, -0.15) is 0 Å². The first-order valence-electron chi connectivity index (χ1n) is 6.26. The Kier molecular flexibility index (Phi) is 5.48. The Bertz CT molecular complexity index is 413. The molecule has 106 valence electrons. The first kappa shape index (κ1) is 15.1. The maximum absolute atomic E-state index is 11.4. The second-order valence-corrected chi connectivity index (χ2v) is 5.06. The fourth-order valence-corrected chi connectivity index (χ4v) is 1.47. The lowest BCUT2D eigenvalue weighted by Crippen LogP contribution is -2.35. The summed E-state index contributed by atoms with van der Waals surface area (Å²) in [7, 11) is 1.62. The van der Waals surface area contributed by atoms with Gasteiger partial charge in [0.05, 0.1) is 12.8 Å². The third kappa shape index (κ3) is 5.99. The number of rotatable bonds is 5. The molecule has 0 aliphatic carbocycles. The van der Waals surface area contributed by atoms with Crippen molar-refractivity contribution in [3.63, 3.8) is 0 Å². The van der Waals surface area contributed by atoms with E-state index >= 15 is 0 Å².